The Balaban J connectivity index is 1.98. The molecule has 0 unspecified atom stereocenters. The zero-order valence-corrected chi connectivity index (χ0v) is 13.4. The summed E-state index contributed by atoms with van der Waals surface area (Å²) in [4.78, 5) is 22.1. The van der Waals surface area contributed by atoms with Gasteiger partial charge in [0.15, 0.2) is 0 Å². The van der Waals surface area contributed by atoms with Crippen molar-refractivity contribution in [1.29, 1.82) is 0 Å². The van der Waals surface area contributed by atoms with Crippen LogP contribution in [-0.4, -0.2) is 17.4 Å². The summed E-state index contributed by atoms with van der Waals surface area (Å²) in [5.41, 5.74) is 6.63. The molecule has 0 aliphatic heterocycles. The molecule has 0 atom stereocenters. The molecule has 1 amide bonds. The molecule has 8 heteroatoms. The van der Waals surface area contributed by atoms with Crippen LogP contribution in [0.1, 0.15) is 15.9 Å². The SMILES string of the molecule is Nc1cc([N+](=O)[O-])ccc1C(=O)NCCc1ccc(Cl)cc1Cl. The molecule has 6 nitrogen and oxygen atoms in total. The molecule has 0 saturated heterocycles. The number of benzene rings is 2. The minimum atomic E-state index is -0.569. The van der Waals surface area contributed by atoms with Gasteiger partial charge in [-0.2, -0.15) is 0 Å². The van der Waals surface area contributed by atoms with E-state index in [0.717, 1.165) is 11.6 Å². The third kappa shape index (κ3) is 4.34. The van der Waals surface area contributed by atoms with E-state index in [0.29, 0.717) is 23.0 Å². The predicted octanol–water partition coefficient (Wildman–Crippen LogP) is 3.46. The maximum atomic E-state index is 12.1. The summed E-state index contributed by atoms with van der Waals surface area (Å²) >= 11 is 11.9. The minimum Gasteiger partial charge on any atom is -0.398 e. The van der Waals surface area contributed by atoms with Gasteiger partial charge in [0.25, 0.3) is 11.6 Å². The molecule has 0 bridgehead atoms. The molecule has 0 aliphatic rings. The summed E-state index contributed by atoms with van der Waals surface area (Å²) in [6.45, 7) is 0.344. The summed E-state index contributed by atoms with van der Waals surface area (Å²) < 4.78 is 0. The van der Waals surface area contributed by atoms with Gasteiger partial charge in [0.05, 0.1) is 16.2 Å². The van der Waals surface area contributed by atoms with Gasteiger partial charge in [0, 0.05) is 28.7 Å². The number of hydrogen-bond donors (Lipinski definition) is 2. The first-order chi connectivity index (χ1) is 10.9. The number of non-ortho nitro benzene ring substituents is 1. The van der Waals surface area contributed by atoms with Gasteiger partial charge in [-0.3, -0.25) is 14.9 Å². The predicted molar refractivity (Wildman–Crippen MR) is 90.0 cm³/mol. The van der Waals surface area contributed by atoms with Crippen LogP contribution in [0.15, 0.2) is 36.4 Å². The van der Waals surface area contributed by atoms with Crippen LogP contribution in [0.4, 0.5) is 11.4 Å². The number of nitrogen functional groups attached to an aromatic ring is 1. The summed E-state index contributed by atoms with van der Waals surface area (Å²) in [6, 6.07) is 8.87. The fourth-order valence-electron chi connectivity index (χ4n) is 2.00. The Morgan fingerprint density at radius 3 is 2.57 bits per heavy atom. The lowest BCUT2D eigenvalue weighted by Gasteiger charge is -2.08. The lowest BCUT2D eigenvalue weighted by Crippen LogP contribution is -2.26. The second-order valence-corrected chi connectivity index (χ2v) is 5.61. The van der Waals surface area contributed by atoms with Crippen molar-refractivity contribution in [3.63, 3.8) is 0 Å². The van der Waals surface area contributed by atoms with Gasteiger partial charge in [-0.1, -0.05) is 29.3 Å². The van der Waals surface area contributed by atoms with Gasteiger partial charge in [-0.15, -0.1) is 0 Å². The highest BCUT2D eigenvalue weighted by molar-refractivity contribution is 6.35. The Morgan fingerprint density at radius 2 is 1.96 bits per heavy atom. The average Bonchev–Trinajstić information content (AvgIpc) is 2.49. The van der Waals surface area contributed by atoms with Crippen molar-refractivity contribution in [2.45, 2.75) is 6.42 Å². The summed E-state index contributed by atoms with van der Waals surface area (Å²) in [6.07, 6.45) is 0.522. The van der Waals surface area contributed by atoms with Gasteiger partial charge in [-0.25, -0.2) is 0 Å². The molecule has 0 spiro atoms. The highest BCUT2D eigenvalue weighted by Gasteiger charge is 2.14. The number of amides is 1. The molecule has 120 valence electrons. The van der Waals surface area contributed by atoms with Crippen LogP contribution in [0.2, 0.25) is 10.0 Å². The Kier molecular flexibility index (Phi) is 5.41. The lowest BCUT2D eigenvalue weighted by molar-refractivity contribution is -0.384. The van der Waals surface area contributed by atoms with E-state index < -0.39 is 10.8 Å². The van der Waals surface area contributed by atoms with Crippen LogP contribution >= 0.6 is 23.2 Å². The fraction of sp³-hybridized carbons (Fsp3) is 0.133. The third-order valence-corrected chi connectivity index (χ3v) is 3.77. The highest BCUT2D eigenvalue weighted by Crippen LogP contribution is 2.22. The molecular formula is C15H13Cl2N3O3. The normalized spacial score (nSPS) is 10.3. The van der Waals surface area contributed by atoms with E-state index in [2.05, 4.69) is 5.32 Å². The first-order valence-electron chi connectivity index (χ1n) is 6.64. The Hall–Kier alpha value is -2.31. The first-order valence-corrected chi connectivity index (χ1v) is 7.40. The van der Waals surface area contributed by atoms with Crippen molar-refractivity contribution in [3.8, 4) is 0 Å². The van der Waals surface area contributed by atoms with Crippen LogP contribution in [0.3, 0.4) is 0 Å². The number of halogens is 2. The van der Waals surface area contributed by atoms with Crippen LogP contribution < -0.4 is 11.1 Å². The van der Waals surface area contributed by atoms with Crippen molar-refractivity contribution in [3.05, 3.63) is 67.7 Å². The zero-order valence-electron chi connectivity index (χ0n) is 11.9. The van der Waals surface area contributed by atoms with E-state index in [-0.39, 0.29) is 16.9 Å². The molecule has 23 heavy (non-hydrogen) atoms. The number of carbonyl (C=O) groups excluding carboxylic acids is 1. The molecule has 2 rings (SSSR count). The topological polar surface area (TPSA) is 98.3 Å². The third-order valence-electron chi connectivity index (χ3n) is 3.19. The standard InChI is InChI=1S/C15H13Cl2N3O3/c16-10-2-1-9(13(17)7-10)5-6-19-15(21)12-4-3-11(20(22)23)8-14(12)18/h1-4,7-8H,5-6,18H2,(H,19,21). The van der Waals surface area contributed by atoms with E-state index in [4.69, 9.17) is 28.9 Å². The van der Waals surface area contributed by atoms with Crippen molar-refractivity contribution < 1.29 is 9.72 Å². The minimum absolute atomic E-state index is 0.0567. The molecular weight excluding hydrogens is 341 g/mol. The number of anilines is 1. The van der Waals surface area contributed by atoms with Crippen LogP contribution in [0.25, 0.3) is 0 Å². The molecule has 0 fully saturated rings. The largest absolute Gasteiger partial charge is 0.398 e. The number of nitro groups is 1. The molecule has 2 aromatic rings. The molecule has 0 saturated carbocycles. The lowest BCUT2D eigenvalue weighted by atomic mass is 10.1. The van der Waals surface area contributed by atoms with Crippen LogP contribution in [0, 0.1) is 10.1 Å². The average molecular weight is 354 g/mol. The van der Waals surface area contributed by atoms with Crippen LogP contribution in [-0.2, 0) is 6.42 Å². The fourth-order valence-corrected chi connectivity index (χ4v) is 2.50. The summed E-state index contributed by atoms with van der Waals surface area (Å²) in [5, 5.41) is 14.4. The maximum absolute atomic E-state index is 12.1. The van der Waals surface area contributed by atoms with Crippen molar-refractivity contribution in [1.82, 2.24) is 5.32 Å². The van der Waals surface area contributed by atoms with Crippen LogP contribution in [0.5, 0.6) is 0 Å². The molecule has 0 aliphatic carbocycles. The zero-order chi connectivity index (χ0) is 17.0. The van der Waals surface area contributed by atoms with E-state index in [1.165, 1.54) is 12.1 Å². The van der Waals surface area contributed by atoms with Crippen molar-refractivity contribution in [2.24, 2.45) is 0 Å². The van der Waals surface area contributed by atoms with E-state index >= 15 is 0 Å². The van der Waals surface area contributed by atoms with Gasteiger partial charge in [-0.05, 0) is 30.2 Å². The van der Waals surface area contributed by atoms with E-state index in [1.54, 1.807) is 18.2 Å². The van der Waals surface area contributed by atoms with E-state index in [9.17, 15) is 14.9 Å². The molecule has 2 aromatic carbocycles. The summed E-state index contributed by atoms with van der Waals surface area (Å²) in [5.74, 6) is -0.400. The highest BCUT2D eigenvalue weighted by atomic mass is 35.5. The first kappa shape index (κ1) is 17.1. The number of nitrogens with one attached hydrogen (secondary N) is 1. The smallest absolute Gasteiger partial charge is 0.271 e. The number of carbonyl (C=O) groups is 1. The number of nitro benzene ring substituents is 1. The number of nitrogens with two attached hydrogens (primary N) is 1. The van der Waals surface area contributed by atoms with Gasteiger partial charge >= 0.3 is 0 Å². The summed E-state index contributed by atoms with van der Waals surface area (Å²) in [7, 11) is 0. The number of nitrogens with zero attached hydrogens (tertiary/aromatic N) is 1. The molecule has 3 N–H and O–H groups in total. The second-order valence-electron chi connectivity index (χ2n) is 4.77. The monoisotopic (exact) mass is 353 g/mol. The van der Waals surface area contributed by atoms with E-state index in [1.807, 2.05) is 0 Å². The van der Waals surface area contributed by atoms with Gasteiger partial charge in [0.1, 0.15) is 0 Å². The molecule has 0 heterocycles. The molecule has 0 aromatic heterocycles. The van der Waals surface area contributed by atoms with Gasteiger partial charge in [0.2, 0.25) is 0 Å². The number of hydrogen-bond acceptors (Lipinski definition) is 4. The van der Waals surface area contributed by atoms with Crippen molar-refractivity contribution in [2.75, 3.05) is 12.3 Å². The quantitative estimate of drug-likeness (QED) is 0.488. The molecule has 0 radical (unpaired) electrons. The maximum Gasteiger partial charge on any atom is 0.271 e. The Labute approximate surface area is 142 Å². The Bertz CT molecular complexity index is 766. The second kappa shape index (κ2) is 7.30. The Morgan fingerprint density at radius 1 is 1.22 bits per heavy atom. The number of rotatable bonds is 5. The van der Waals surface area contributed by atoms with Crippen molar-refractivity contribution >= 4 is 40.5 Å². The van der Waals surface area contributed by atoms with Gasteiger partial charge < -0.3 is 11.1 Å².